The van der Waals surface area contributed by atoms with Gasteiger partial charge >= 0.3 is 0 Å². The smallest absolute Gasteiger partial charge is 0.195 e. The van der Waals surface area contributed by atoms with Crippen LogP contribution in [0.1, 0.15) is 64.1 Å². The molecule has 0 atom stereocenters. The predicted molar refractivity (Wildman–Crippen MR) is 72.7 cm³/mol. The fourth-order valence-electron chi connectivity index (χ4n) is 2.82. The fourth-order valence-corrected chi connectivity index (χ4v) is 3.05. The maximum Gasteiger partial charge on any atom is 0.195 e. The second-order valence-electron chi connectivity index (χ2n) is 5.49. The second kappa shape index (κ2) is 5.80. The van der Waals surface area contributed by atoms with E-state index in [-0.39, 0.29) is 0 Å². The van der Waals surface area contributed by atoms with E-state index in [9.17, 15) is 0 Å². The van der Waals surface area contributed by atoms with Crippen LogP contribution in [0.25, 0.3) is 0 Å². The van der Waals surface area contributed by atoms with E-state index in [0.717, 1.165) is 23.1 Å². The minimum absolute atomic E-state index is 0.439. The summed E-state index contributed by atoms with van der Waals surface area (Å²) < 4.78 is 2.95. The summed E-state index contributed by atoms with van der Waals surface area (Å²) in [5, 5.41) is 7.22. The number of hydrogen-bond acceptors (Lipinski definition) is 2. The summed E-state index contributed by atoms with van der Waals surface area (Å²) in [6.07, 6.45) is 8.34. The third kappa shape index (κ3) is 3.18. The molecule has 96 valence electrons. The van der Waals surface area contributed by atoms with E-state index >= 15 is 0 Å². The van der Waals surface area contributed by atoms with E-state index in [1.807, 2.05) is 0 Å². The lowest BCUT2D eigenvalue weighted by Crippen LogP contribution is -2.07. The highest BCUT2D eigenvalue weighted by Gasteiger charge is 2.15. The van der Waals surface area contributed by atoms with E-state index < -0.39 is 0 Å². The first-order chi connectivity index (χ1) is 8.18. The first kappa shape index (κ1) is 12.8. The van der Waals surface area contributed by atoms with Crippen LogP contribution in [-0.4, -0.2) is 14.8 Å². The van der Waals surface area contributed by atoms with Crippen molar-refractivity contribution in [3.8, 4) is 0 Å². The maximum atomic E-state index is 5.29. The summed E-state index contributed by atoms with van der Waals surface area (Å²) in [4.78, 5) is 0. The van der Waals surface area contributed by atoms with Crippen molar-refractivity contribution >= 4 is 12.2 Å². The molecule has 0 aliphatic heterocycles. The number of aromatic nitrogens is 3. The highest BCUT2D eigenvalue weighted by Crippen LogP contribution is 2.28. The van der Waals surface area contributed by atoms with E-state index in [1.165, 1.54) is 38.5 Å². The Balaban J connectivity index is 1.89. The van der Waals surface area contributed by atoms with Crippen molar-refractivity contribution in [3.63, 3.8) is 0 Å². The van der Waals surface area contributed by atoms with Gasteiger partial charge in [-0.05, 0) is 31.0 Å². The van der Waals surface area contributed by atoms with Crippen LogP contribution < -0.4 is 0 Å². The lowest BCUT2D eigenvalue weighted by Gasteiger charge is -2.11. The van der Waals surface area contributed by atoms with Crippen LogP contribution in [0.5, 0.6) is 0 Å². The van der Waals surface area contributed by atoms with E-state index in [2.05, 4.69) is 28.6 Å². The topological polar surface area (TPSA) is 33.6 Å². The van der Waals surface area contributed by atoms with Crippen LogP contribution in [0.15, 0.2) is 0 Å². The zero-order valence-electron chi connectivity index (χ0n) is 10.9. The standard InChI is InChI=1S/C13H23N3S/c1-10(2)12-14-15-13(17)16(12)9-5-8-11-6-3-4-7-11/h10-11H,3-9H2,1-2H3,(H,15,17). The van der Waals surface area contributed by atoms with Gasteiger partial charge in [-0.1, -0.05) is 39.5 Å². The van der Waals surface area contributed by atoms with Crippen molar-refractivity contribution in [1.82, 2.24) is 14.8 Å². The molecular weight excluding hydrogens is 230 g/mol. The molecule has 17 heavy (non-hydrogen) atoms. The Kier molecular flexibility index (Phi) is 4.37. The van der Waals surface area contributed by atoms with Crippen LogP contribution in [-0.2, 0) is 6.54 Å². The number of nitrogens with zero attached hydrogens (tertiary/aromatic N) is 2. The molecule has 1 fully saturated rings. The monoisotopic (exact) mass is 253 g/mol. The molecule has 1 saturated carbocycles. The van der Waals surface area contributed by atoms with Gasteiger partial charge in [-0.25, -0.2) is 0 Å². The van der Waals surface area contributed by atoms with Crippen LogP contribution in [0, 0.1) is 10.7 Å². The Morgan fingerprint density at radius 1 is 1.41 bits per heavy atom. The van der Waals surface area contributed by atoms with Gasteiger partial charge < -0.3 is 4.57 Å². The average molecular weight is 253 g/mol. The van der Waals surface area contributed by atoms with Crippen molar-refractivity contribution in [2.24, 2.45) is 5.92 Å². The highest BCUT2D eigenvalue weighted by molar-refractivity contribution is 7.71. The van der Waals surface area contributed by atoms with Gasteiger partial charge in [-0.15, -0.1) is 0 Å². The number of nitrogens with one attached hydrogen (secondary N) is 1. The molecule has 0 amide bonds. The van der Waals surface area contributed by atoms with Crippen molar-refractivity contribution < 1.29 is 0 Å². The van der Waals surface area contributed by atoms with Crippen LogP contribution in [0.3, 0.4) is 0 Å². The molecule has 0 bridgehead atoms. The van der Waals surface area contributed by atoms with Crippen molar-refractivity contribution in [3.05, 3.63) is 10.6 Å². The molecule has 1 aliphatic rings. The van der Waals surface area contributed by atoms with Gasteiger partial charge in [0.25, 0.3) is 0 Å². The van der Waals surface area contributed by atoms with Crippen LogP contribution in [0.4, 0.5) is 0 Å². The Labute approximate surface area is 109 Å². The summed E-state index contributed by atoms with van der Waals surface area (Å²) in [6, 6.07) is 0. The molecule has 3 nitrogen and oxygen atoms in total. The minimum Gasteiger partial charge on any atom is -0.304 e. The quantitative estimate of drug-likeness (QED) is 0.804. The third-order valence-electron chi connectivity index (χ3n) is 3.77. The molecule has 0 aromatic carbocycles. The van der Waals surface area contributed by atoms with E-state index in [4.69, 9.17) is 12.2 Å². The number of aromatic amines is 1. The summed E-state index contributed by atoms with van der Waals surface area (Å²) in [5.41, 5.74) is 0. The lowest BCUT2D eigenvalue weighted by atomic mass is 10.0. The van der Waals surface area contributed by atoms with Crippen molar-refractivity contribution in [2.75, 3.05) is 0 Å². The van der Waals surface area contributed by atoms with E-state index in [1.54, 1.807) is 0 Å². The van der Waals surface area contributed by atoms with Gasteiger partial charge in [0.1, 0.15) is 5.82 Å². The van der Waals surface area contributed by atoms with E-state index in [0.29, 0.717) is 5.92 Å². The van der Waals surface area contributed by atoms with Gasteiger partial charge in [-0.3, -0.25) is 5.10 Å². The molecule has 0 saturated heterocycles. The summed E-state index contributed by atoms with van der Waals surface area (Å²) in [6.45, 7) is 5.36. The molecule has 2 rings (SSSR count). The van der Waals surface area contributed by atoms with Gasteiger partial charge in [0.05, 0.1) is 0 Å². The Morgan fingerprint density at radius 2 is 2.12 bits per heavy atom. The first-order valence-corrected chi connectivity index (χ1v) is 7.24. The molecule has 4 heteroatoms. The zero-order valence-corrected chi connectivity index (χ0v) is 11.7. The summed E-state index contributed by atoms with van der Waals surface area (Å²) >= 11 is 5.29. The molecule has 0 unspecified atom stereocenters. The number of H-pyrrole nitrogens is 1. The van der Waals surface area contributed by atoms with Gasteiger partial charge in [-0.2, -0.15) is 5.10 Å². The SMILES string of the molecule is CC(C)c1n[nH]c(=S)n1CCCC1CCCC1. The Hall–Kier alpha value is -0.640. The van der Waals surface area contributed by atoms with Crippen LogP contribution >= 0.6 is 12.2 Å². The summed E-state index contributed by atoms with van der Waals surface area (Å²) in [5.74, 6) is 2.51. The van der Waals surface area contributed by atoms with Crippen molar-refractivity contribution in [2.45, 2.75) is 64.8 Å². The first-order valence-electron chi connectivity index (χ1n) is 6.83. The van der Waals surface area contributed by atoms with Crippen LogP contribution in [0.2, 0.25) is 0 Å². The van der Waals surface area contributed by atoms with Gasteiger partial charge in [0, 0.05) is 12.5 Å². The highest BCUT2D eigenvalue weighted by atomic mass is 32.1. The largest absolute Gasteiger partial charge is 0.304 e. The molecule has 0 radical (unpaired) electrons. The number of hydrogen-bond donors (Lipinski definition) is 1. The molecule has 1 aliphatic carbocycles. The average Bonchev–Trinajstić information content (AvgIpc) is 2.89. The fraction of sp³-hybridized carbons (Fsp3) is 0.846. The Morgan fingerprint density at radius 3 is 2.76 bits per heavy atom. The third-order valence-corrected chi connectivity index (χ3v) is 4.08. The maximum absolute atomic E-state index is 5.29. The summed E-state index contributed by atoms with van der Waals surface area (Å²) in [7, 11) is 0. The van der Waals surface area contributed by atoms with Gasteiger partial charge in [0.15, 0.2) is 4.77 Å². The molecule has 1 heterocycles. The molecule has 0 spiro atoms. The normalized spacial score (nSPS) is 17.1. The Bertz CT molecular complexity index is 399. The molecule has 1 aromatic rings. The lowest BCUT2D eigenvalue weighted by molar-refractivity contribution is 0.451. The van der Waals surface area contributed by atoms with Gasteiger partial charge in [0.2, 0.25) is 0 Å². The van der Waals surface area contributed by atoms with Crippen molar-refractivity contribution in [1.29, 1.82) is 0 Å². The predicted octanol–water partition coefficient (Wildman–Crippen LogP) is 4.03. The number of rotatable bonds is 5. The molecule has 1 aromatic heterocycles. The molecular formula is C13H23N3S. The minimum atomic E-state index is 0.439. The molecule has 1 N–H and O–H groups in total. The second-order valence-corrected chi connectivity index (χ2v) is 5.87. The zero-order chi connectivity index (χ0) is 12.3.